The van der Waals surface area contributed by atoms with Gasteiger partial charge in [0.2, 0.25) is 33.5 Å². The molecule has 1 unspecified atom stereocenters. The Bertz CT molecular complexity index is 1170. The highest BCUT2D eigenvalue weighted by Gasteiger charge is 2.22. The van der Waals surface area contributed by atoms with Crippen LogP contribution in [0.2, 0.25) is 0 Å². The number of benzene rings is 1. The Kier molecular flexibility index (Phi) is 5.58. The number of sulfonamides is 1. The fourth-order valence-electron chi connectivity index (χ4n) is 3.17. The van der Waals surface area contributed by atoms with Crippen molar-refractivity contribution < 1.29 is 13.2 Å². The lowest BCUT2D eigenvalue weighted by Crippen LogP contribution is -2.23. The van der Waals surface area contributed by atoms with Gasteiger partial charge in [0.15, 0.2) is 5.82 Å². The number of nitrogens with zero attached hydrogens (tertiary/aromatic N) is 5. The maximum Gasteiger partial charge on any atom is 0.248 e. The second-order valence-electron chi connectivity index (χ2n) is 6.81. The highest BCUT2D eigenvalue weighted by atomic mass is 32.2. The van der Waals surface area contributed by atoms with Crippen molar-refractivity contribution in [3.63, 3.8) is 0 Å². The van der Waals surface area contributed by atoms with Gasteiger partial charge in [0.25, 0.3) is 0 Å². The number of hydrogen-bond acceptors (Lipinski definition) is 11. The molecule has 1 aliphatic rings. The molecule has 0 bridgehead atoms. The summed E-state index contributed by atoms with van der Waals surface area (Å²) in [5.41, 5.74) is 6.60. The zero-order valence-corrected chi connectivity index (χ0v) is 17.4. The smallest absolute Gasteiger partial charge is 0.248 e. The number of aromatic nitrogens is 5. The lowest BCUT2D eigenvalue weighted by atomic mass is 10.2. The van der Waals surface area contributed by atoms with Gasteiger partial charge in [-0.3, -0.25) is 0 Å². The molecule has 1 aromatic carbocycles. The number of hydrogen-bond donors (Lipinski definition) is 5. The van der Waals surface area contributed by atoms with E-state index < -0.39 is 10.0 Å². The summed E-state index contributed by atoms with van der Waals surface area (Å²) < 4.78 is 29.6. The Morgan fingerprint density at radius 1 is 1.26 bits per heavy atom. The molecule has 31 heavy (non-hydrogen) atoms. The van der Waals surface area contributed by atoms with Crippen molar-refractivity contribution in [1.82, 2.24) is 30.0 Å². The van der Waals surface area contributed by atoms with E-state index in [1.807, 2.05) is 0 Å². The molecule has 3 heterocycles. The zero-order valence-electron chi connectivity index (χ0n) is 16.6. The van der Waals surface area contributed by atoms with E-state index in [-0.39, 0.29) is 22.8 Å². The summed E-state index contributed by atoms with van der Waals surface area (Å²) in [5, 5.41) is 19.0. The maximum absolute atomic E-state index is 11.4. The van der Waals surface area contributed by atoms with E-state index in [1.54, 1.807) is 12.1 Å². The Hall–Kier alpha value is -3.49. The molecule has 14 heteroatoms. The van der Waals surface area contributed by atoms with E-state index in [0.29, 0.717) is 23.1 Å². The van der Waals surface area contributed by atoms with E-state index >= 15 is 0 Å². The Morgan fingerprint density at radius 3 is 2.68 bits per heavy atom. The van der Waals surface area contributed by atoms with Crippen LogP contribution < -0.4 is 31.6 Å². The average molecular weight is 446 g/mol. The molecule has 13 nitrogen and oxygen atoms in total. The van der Waals surface area contributed by atoms with Gasteiger partial charge >= 0.3 is 0 Å². The first-order chi connectivity index (χ1) is 14.8. The molecule has 1 fully saturated rings. The predicted molar refractivity (Wildman–Crippen MR) is 114 cm³/mol. The number of nitrogens with two attached hydrogens (primary N) is 2. The van der Waals surface area contributed by atoms with Crippen molar-refractivity contribution >= 4 is 33.4 Å². The van der Waals surface area contributed by atoms with Crippen LogP contribution in [0.3, 0.4) is 0 Å². The second-order valence-corrected chi connectivity index (χ2v) is 8.37. The third-order valence-corrected chi connectivity index (χ3v) is 5.59. The summed E-state index contributed by atoms with van der Waals surface area (Å²) in [6.07, 6.45) is 2.36. The molecule has 0 aliphatic carbocycles. The van der Waals surface area contributed by atoms with Crippen LogP contribution in [-0.4, -0.2) is 59.4 Å². The number of methoxy groups -OCH3 is 1. The van der Waals surface area contributed by atoms with Crippen LogP contribution in [0.4, 0.5) is 23.4 Å². The van der Waals surface area contributed by atoms with E-state index in [4.69, 9.17) is 15.6 Å². The summed E-state index contributed by atoms with van der Waals surface area (Å²) in [6.45, 7) is 1.76. The van der Waals surface area contributed by atoms with E-state index in [0.717, 1.165) is 19.5 Å². The van der Waals surface area contributed by atoms with Crippen LogP contribution in [0.15, 0.2) is 35.5 Å². The van der Waals surface area contributed by atoms with E-state index in [1.165, 1.54) is 30.3 Å². The average Bonchev–Trinajstić information content (AvgIpc) is 3.37. The number of primary sulfonamides is 1. The molecule has 2 aromatic heterocycles. The number of rotatable bonds is 7. The normalized spacial score (nSPS) is 16.3. The van der Waals surface area contributed by atoms with Gasteiger partial charge in [-0.15, -0.1) is 5.10 Å². The van der Waals surface area contributed by atoms with Gasteiger partial charge in [-0.05, 0) is 37.2 Å². The topological polar surface area (TPSA) is 188 Å². The fraction of sp³-hybridized carbons (Fsp3) is 0.294. The molecule has 0 radical (unpaired) electrons. The molecule has 0 spiro atoms. The number of nitrogens with one attached hydrogen (secondary N) is 3. The fourth-order valence-corrected chi connectivity index (χ4v) is 3.68. The zero-order chi connectivity index (χ0) is 22.0. The van der Waals surface area contributed by atoms with Crippen LogP contribution in [0, 0.1) is 0 Å². The number of ether oxygens (including phenoxy) is 1. The summed E-state index contributed by atoms with van der Waals surface area (Å²) in [4.78, 5) is 12.7. The highest BCUT2D eigenvalue weighted by Crippen LogP contribution is 2.30. The summed E-state index contributed by atoms with van der Waals surface area (Å²) in [6, 6.07) is 6.06. The van der Waals surface area contributed by atoms with Gasteiger partial charge in [-0.1, -0.05) is 0 Å². The Balaban J connectivity index is 1.60. The molecule has 1 aliphatic heterocycles. The van der Waals surface area contributed by atoms with Crippen molar-refractivity contribution in [1.29, 1.82) is 0 Å². The van der Waals surface area contributed by atoms with Gasteiger partial charge in [0, 0.05) is 18.3 Å². The Labute approximate surface area is 178 Å². The maximum atomic E-state index is 11.4. The van der Waals surface area contributed by atoms with E-state index in [2.05, 4.69) is 36.0 Å². The van der Waals surface area contributed by atoms with E-state index in [9.17, 15) is 8.42 Å². The minimum Gasteiger partial charge on any atom is -0.490 e. The SMILES string of the molecule is COc1c(NC2CCNC2)ncnc1-n1nc(Nc2ccc(S(N)(=O)=O)cc2)nc1N. The molecule has 7 N–H and O–H groups in total. The summed E-state index contributed by atoms with van der Waals surface area (Å²) in [7, 11) is -2.26. The second kappa shape index (κ2) is 8.33. The first-order valence-electron chi connectivity index (χ1n) is 9.34. The van der Waals surface area contributed by atoms with Gasteiger partial charge < -0.3 is 26.4 Å². The molecule has 4 rings (SSSR count). The van der Waals surface area contributed by atoms with Crippen LogP contribution in [0.5, 0.6) is 5.75 Å². The highest BCUT2D eigenvalue weighted by molar-refractivity contribution is 7.89. The van der Waals surface area contributed by atoms with Crippen molar-refractivity contribution in [3.05, 3.63) is 30.6 Å². The van der Waals surface area contributed by atoms with Gasteiger partial charge in [-0.2, -0.15) is 9.67 Å². The first kappa shape index (κ1) is 20.8. The number of anilines is 4. The van der Waals surface area contributed by atoms with Crippen LogP contribution in [-0.2, 0) is 10.0 Å². The van der Waals surface area contributed by atoms with Crippen LogP contribution in [0.1, 0.15) is 6.42 Å². The minimum atomic E-state index is -3.77. The van der Waals surface area contributed by atoms with Gasteiger partial charge in [-0.25, -0.2) is 23.5 Å². The predicted octanol–water partition coefficient (Wildman–Crippen LogP) is -0.187. The van der Waals surface area contributed by atoms with Crippen molar-refractivity contribution in [3.8, 4) is 11.6 Å². The molecule has 0 saturated carbocycles. The molecular formula is C17H22N10O3S. The van der Waals surface area contributed by atoms with Crippen LogP contribution >= 0.6 is 0 Å². The van der Waals surface area contributed by atoms with Crippen LogP contribution in [0.25, 0.3) is 5.82 Å². The molecule has 0 amide bonds. The largest absolute Gasteiger partial charge is 0.490 e. The van der Waals surface area contributed by atoms with Gasteiger partial charge in [0.05, 0.1) is 12.0 Å². The third-order valence-electron chi connectivity index (χ3n) is 4.66. The molecule has 3 aromatic rings. The standard InChI is InChI=1S/C17H22N10O3S/c1-30-13-14(23-11-6-7-20-8-11)21-9-22-15(13)27-16(18)25-17(26-27)24-10-2-4-12(5-3-10)31(19,28)29/h2-5,9,11,20H,6-8H2,1H3,(H2,19,28,29)(H,21,22,23)(H3,18,24,25,26). The third kappa shape index (κ3) is 4.50. The quantitative estimate of drug-likeness (QED) is 0.323. The summed E-state index contributed by atoms with van der Waals surface area (Å²) in [5.74, 6) is 1.51. The lowest BCUT2D eigenvalue weighted by Gasteiger charge is -2.16. The molecule has 164 valence electrons. The van der Waals surface area contributed by atoms with Crippen molar-refractivity contribution in [2.75, 3.05) is 36.6 Å². The number of nitrogen functional groups attached to an aromatic ring is 1. The summed E-state index contributed by atoms with van der Waals surface area (Å²) >= 11 is 0. The molecular weight excluding hydrogens is 424 g/mol. The van der Waals surface area contributed by atoms with Gasteiger partial charge in [0.1, 0.15) is 6.33 Å². The lowest BCUT2D eigenvalue weighted by molar-refractivity contribution is 0.408. The minimum absolute atomic E-state index is 0.000679. The first-order valence-corrected chi connectivity index (χ1v) is 10.9. The van der Waals surface area contributed by atoms with Crippen molar-refractivity contribution in [2.24, 2.45) is 5.14 Å². The molecule has 1 saturated heterocycles. The molecule has 1 atom stereocenters. The monoisotopic (exact) mass is 446 g/mol. The Morgan fingerprint density at radius 2 is 2.03 bits per heavy atom. The van der Waals surface area contributed by atoms with Crippen molar-refractivity contribution in [2.45, 2.75) is 17.4 Å².